The molecule has 1 aliphatic rings. The Kier molecular flexibility index (Phi) is 4.97. The smallest absolute Gasteiger partial charge is 0.270 e. The van der Waals surface area contributed by atoms with Crippen molar-refractivity contribution in [1.29, 1.82) is 0 Å². The summed E-state index contributed by atoms with van der Waals surface area (Å²) in [5, 5.41) is 14.4. The quantitative estimate of drug-likeness (QED) is 0.682. The van der Waals surface area contributed by atoms with Gasteiger partial charge in [-0.3, -0.25) is 14.9 Å². The Morgan fingerprint density at radius 3 is 2.56 bits per heavy atom. The van der Waals surface area contributed by atoms with Gasteiger partial charge in [0.2, 0.25) is 0 Å². The molecule has 1 amide bonds. The maximum atomic E-state index is 12.6. The van der Waals surface area contributed by atoms with Gasteiger partial charge in [-0.1, -0.05) is 24.3 Å². The molecule has 0 unspecified atom stereocenters. The molecule has 1 N–H and O–H groups in total. The topological polar surface area (TPSA) is 75.5 Å². The van der Waals surface area contributed by atoms with E-state index in [0.717, 1.165) is 18.5 Å². The van der Waals surface area contributed by atoms with E-state index >= 15 is 0 Å². The highest BCUT2D eigenvalue weighted by Gasteiger charge is 2.24. The zero-order valence-corrected chi connectivity index (χ0v) is 14.1. The lowest BCUT2D eigenvalue weighted by Crippen LogP contribution is -2.42. The summed E-state index contributed by atoms with van der Waals surface area (Å²) in [6.07, 6.45) is 1.71. The molecule has 0 aliphatic carbocycles. The van der Waals surface area contributed by atoms with E-state index in [1.807, 2.05) is 12.1 Å². The number of rotatable bonds is 4. The molecule has 2 aromatic carbocycles. The van der Waals surface area contributed by atoms with E-state index in [1.54, 1.807) is 17.0 Å². The van der Waals surface area contributed by atoms with Crippen molar-refractivity contribution in [3.8, 4) is 0 Å². The first kappa shape index (κ1) is 17.0. The van der Waals surface area contributed by atoms with Crippen molar-refractivity contribution in [2.45, 2.75) is 25.8 Å². The number of hydrogen-bond acceptors (Lipinski definition) is 4. The van der Waals surface area contributed by atoms with Crippen LogP contribution in [0.5, 0.6) is 0 Å². The number of nitro benzene ring substituents is 1. The van der Waals surface area contributed by atoms with Crippen LogP contribution in [0.4, 0.5) is 11.4 Å². The van der Waals surface area contributed by atoms with E-state index in [1.165, 1.54) is 17.7 Å². The van der Waals surface area contributed by atoms with Gasteiger partial charge in [0.25, 0.3) is 11.6 Å². The van der Waals surface area contributed by atoms with Crippen molar-refractivity contribution in [2.75, 3.05) is 18.4 Å². The highest BCUT2D eigenvalue weighted by atomic mass is 16.6. The molecule has 0 bridgehead atoms. The highest BCUT2D eigenvalue weighted by Crippen LogP contribution is 2.21. The molecular weight excluding hydrogens is 318 g/mol. The van der Waals surface area contributed by atoms with Crippen molar-refractivity contribution in [1.82, 2.24) is 4.90 Å². The average molecular weight is 339 g/mol. The summed E-state index contributed by atoms with van der Waals surface area (Å²) in [4.78, 5) is 24.7. The average Bonchev–Trinajstić information content (AvgIpc) is 2.64. The number of benzene rings is 2. The fraction of sp³-hybridized carbons (Fsp3) is 0.316. The molecular formula is C19H21N3O3. The first-order valence-electron chi connectivity index (χ1n) is 8.40. The van der Waals surface area contributed by atoms with Crippen LogP contribution in [0.15, 0.2) is 48.5 Å². The summed E-state index contributed by atoms with van der Waals surface area (Å²) in [7, 11) is 0. The minimum atomic E-state index is -0.477. The van der Waals surface area contributed by atoms with Gasteiger partial charge in [-0.05, 0) is 37.5 Å². The first-order chi connectivity index (χ1) is 12.0. The van der Waals surface area contributed by atoms with Crippen LogP contribution in [-0.2, 0) is 0 Å². The minimum absolute atomic E-state index is 0.0537. The number of nitrogens with one attached hydrogen (secondary N) is 1. The lowest BCUT2D eigenvalue weighted by molar-refractivity contribution is -0.384. The van der Waals surface area contributed by atoms with Gasteiger partial charge in [0, 0.05) is 42.5 Å². The monoisotopic (exact) mass is 339 g/mol. The largest absolute Gasteiger partial charge is 0.382 e. The molecule has 25 heavy (non-hydrogen) atoms. The van der Waals surface area contributed by atoms with E-state index in [2.05, 4.69) is 24.4 Å². The summed E-state index contributed by atoms with van der Waals surface area (Å²) < 4.78 is 0. The molecule has 0 atom stereocenters. The third-order valence-corrected chi connectivity index (χ3v) is 4.59. The molecule has 6 heteroatoms. The summed E-state index contributed by atoms with van der Waals surface area (Å²) >= 11 is 0. The lowest BCUT2D eigenvalue weighted by atomic mass is 10.0. The molecule has 6 nitrogen and oxygen atoms in total. The molecule has 1 heterocycles. The Bertz CT molecular complexity index is 783. The summed E-state index contributed by atoms with van der Waals surface area (Å²) in [5.41, 5.74) is 2.66. The first-order valence-corrected chi connectivity index (χ1v) is 8.40. The van der Waals surface area contributed by atoms with Crippen molar-refractivity contribution in [3.63, 3.8) is 0 Å². The Balaban J connectivity index is 1.60. The number of hydrogen-bond donors (Lipinski definition) is 1. The van der Waals surface area contributed by atoms with Crippen molar-refractivity contribution >= 4 is 17.3 Å². The summed E-state index contributed by atoms with van der Waals surface area (Å²) in [5.74, 6) is -0.141. The molecule has 3 rings (SSSR count). The van der Waals surface area contributed by atoms with E-state index in [-0.39, 0.29) is 11.6 Å². The molecule has 1 fully saturated rings. The van der Waals surface area contributed by atoms with E-state index in [9.17, 15) is 14.9 Å². The van der Waals surface area contributed by atoms with Crippen LogP contribution >= 0.6 is 0 Å². The number of aryl methyl sites for hydroxylation is 1. The second-order valence-corrected chi connectivity index (χ2v) is 6.33. The molecule has 1 saturated heterocycles. The number of para-hydroxylation sites is 1. The zero-order chi connectivity index (χ0) is 17.8. The van der Waals surface area contributed by atoms with E-state index in [4.69, 9.17) is 0 Å². The number of non-ortho nitro benzene ring substituents is 1. The second kappa shape index (κ2) is 7.34. The predicted octanol–water partition coefficient (Wildman–Crippen LogP) is 3.62. The van der Waals surface area contributed by atoms with Gasteiger partial charge in [0.05, 0.1) is 4.92 Å². The van der Waals surface area contributed by atoms with Gasteiger partial charge in [0.15, 0.2) is 0 Å². The van der Waals surface area contributed by atoms with Crippen LogP contribution in [0.1, 0.15) is 28.8 Å². The van der Waals surface area contributed by atoms with Gasteiger partial charge < -0.3 is 10.2 Å². The van der Waals surface area contributed by atoms with Crippen LogP contribution in [0.25, 0.3) is 0 Å². The number of nitro groups is 1. The summed E-state index contributed by atoms with van der Waals surface area (Å²) in [6, 6.07) is 14.4. The Labute approximate surface area is 146 Å². The molecule has 2 aromatic rings. The van der Waals surface area contributed by atoms with Gasteiger partial charge in [-0.15, -0.1) is 0 Å². The Hall–Kier alpha value is -2.89. The van der Waals surface area contributed by atoms with Crippen molar-refractivity contribution in [2.24, 2.45) is 0 Å². The van der Waals surface area contributed by atoms with E-state index in [0.29, 0.717) is 24.7 Å². The van der Waals surface area contributed by atoms with Crippen LogP contribution in [-0.4, -0.2) is 34.9 Å². The van der Waals surface area contributed by atoms with Crippen LogP contribution in [0, 0.1) is 17.0 Å². The number of amides is 1. The lowest BCUT2D eigenvalue weighted by Gasteiger charge is -2.33. The Morgan fingerprint density at radius 1 is 1.16 bits per heavy atom. The number of piperidine rings is 1. The van der Waals surface area contributed by atoms with Gasteiger partial charge >= 0.3 is 0 Å². The third kappa shape index (κ3) is 3.96. The van der Waals surface area contributed by atoms with Crippen molar-refractivity contribution in [3.05, 3.63) is 69.8 Å². The van der Waals surface area contributed by atoms with Gasteiger partial charge in [-0.25, -0.2) is 0 Å². The molecule has 1 aliphatic heterocycles. The molecule has 130 valence electrons. The maximum absolute atomic E-state index is 12.6. The number of nitrogens with zero attached hydrogens (tertiary/aromatic N) is 2. The molecule has 0 spiro atoms. The fourth-order valence-electron chi connectivity index (χ4n) is 3.12. The fourth-order valence-corrected chi connectivity index (χ4v) is 3.12. The van der Waals surface area contributed by atoms with Crippen LogP contribution in [0.3, 0.4) is 0 Å². The van der Waals surface area contributed by atoms with Crippen molar-refractivity contribution < 1.29 is 9.72 Å². The third-order valence-electron chi connectivity index (χ3n) is 4.59. The zero-order valence-electron chi connectivity index (χ0n) is 14.1. The van der Waals surface area contributed by atoms with Crippen LogP contribution < -0.4 is 5.32 Å². The van der Waals surface area contributed by atoms with Gasteiger partial charge in [0.1, 0.15) is 0 Å². The Morgan fingerprint density at radius 2 is 1.88 bits per heavy atom. The summed E-state index contributed by atoms with van der Waals surface area (Å²) in [6.45, 7) is 3.36. The number of carbonyl (C=O) groups is 1. The number of anilines is 1. The van der Waals surface area contributed by atoms with Gasteiger partial charge in [-0.2, -0.15) is 0 Å². The second-order valence-electron chi connectivity index (χ2n) is 6.33. The normalized spacial score (nSPS) is 15.0. The number of likely N-dealkylation sites (tertiary alicyclic amines) is 1. The highest BCUT2D eigenvalue weighted by molar-refractivity contribution is 5.94. The standard InChI is InChI=1S/C19H21N3O3/c1-14-5-2-3-8-18(14)20-16-9-11-21(12-10-16)19(23)15-6-4-7-17(13-15)22(24)25/h2-8,13,16,20H,9-12H2,1H3. The molecule has 0 aromatic heterocycles. The molecule has 0 saturated carbocycles. The molecule has 0 radical (unpaired) electrons. The number of carbonyl (C=O) groups excluding carboxylic acids is 1. The predicted molar refractivity (Wildman–Crippen MR) is 96.8 cm³/mol. The van der Waals surface area contributed by atoms with Crippen LogP contribution in [0.2, 0.25) is 0 Å². The SMILES string of the molecule is Cc1ccccc1NC1CCN(C(=O)c2cccc([N+](=O)[O-])c2)CC1. The minimum Gasteiger partial charge on any atom is -0.382 e. The van der Waals surface area contributed by atoms with E-state index < -0.39 is 4.92 Å². The maximum Gasteiger partial charge on any atom is 0.270 e.